The first-order valence-corrected chi connectivity index (χ1v) is 5.34. The highest BCUT2D eigenvalue weighted by Gasteiger charge is 2.30. The maximum Gasteiger partial charge on any atom is 0.382 e. The fraction of sp³-hybridized carbons (Fsp3) is 0.200. The average molecular weight is 268 g/mol. The highest BCUT2D eigenvalue weighted by Crippen LogP contribution is 2.24. The third-order valence-electron chi connectivity index (χ3n) is 2.26. The maximum atomic E-state index is 13.0. The van der Waals surface area contributed by atoms with Crippen molar-refractivity contribution in [1.82, 2.24) is 0 Å². The molecule has 0 bridgehead atoms. The summed E-state index contributed by atoms with van der Waals surface area (Å²) in [5.74, 6) is 0.452. The zero-order valence-electron chi connectivity index (χ0n) is 11.2. The summed E-state index contributed by atoms with van der Waals surface area (Å²) in [6.07, 6.45) is 2.35. The molecule has 0 aliphatic rings. The minimum Gasteiger partial charge on any atom is -0.497 e. The summed E-state index contributed by atoms with van der Waals surface area (Å²) in [6, 6.07) is 0. The third-order valence-corrected chi connectivity index (χ3v) is 2.26. The molecule has 0 fully saturated rings. The Labute approximate surface area is 112 Å². The van der Waals surface area contributed by atoms with Gasteiger partial charge in [-0.25, -0.2) is 0 Å². The molecule has 19 heavy (non-hydrogen) atoms. The van der Waals surface area contributed by atoms with Gasteiger partial charge in [-0.3, -0.25) is 0 Å². The predicted octanol–water partition coefficient (Wildman–Crippen LogP) is 4.17. The topological polar surface area (TPSA) is 18.5 Å². The molecule has 0 aromatic rings. The lowest BCUT2D eigenvalue weighted by Crippen LogP contribution is -2.19. The molecular weight excluding hydrogens is 250 g/mol. The number of alkyl halides is 2. The summed E-state index contributed by atoms with van der Waals surface area (Å²) >= 11 is 0. The molecule has 104 valence electrons. The summed E-state index contributed by atoms with van der Waals surface area (Å²) in [6.45, 7) is 14.3. The van der Waals surface area contributed by atoms with Crippen molar-refractivity contribution in [3.63, 3.8) is 0 Å². The second-order valence-corrected chi connectivity index (χ2v) is 3.63. The van der Waals surface area contributed by atoms with Gasteiger partial charge in [0.05, 0.1) is 7.11 Å². The molecule has 0 N–H and O–H groups in total. The Hall–Kier alpha value is -1.94. The number of hydrogen-bond donors (Lipinski definition) is 0. The lowest BCUT2D eigenvalue weighted by Gasteiger charge is -2.13. The molecule has 0 rings (SSSR count). The number of hydrogen-bond acceptors (Lipinski definition) is 2. The van der Waals surface area contributed by atoms with Crippen LogP contribution in [0.1, 0.15) is 0 Å². The second-order valence-electron chi connectivity index (χ2n) is 3.63. The first-order valence-electron chi connectivity index (χ1n) is 5.34. The van der Waals surface area contributed by atoms with Crippen LogP contribution in [-0.4, -0.2) is 20.3 Å². The summed E-state index contributed by atoms with van der Waals surface area (Å²) in [5, 5.41) is 0. The van der Waals surface area contributed by atoms with E-state index in [1.165, 1.54) is 13.2 Å². The van der Waals surface area contributed by atoms with E-state index in [2.05, 4.69) is 31.1 Å². The van der Waals surface area contributed by atoms with Gasteiger partial charge in [-0.05, 0) is 17.2 Å². The van der Waals surface area contributed by atoms with Gasteiger partial charge in [0.1, 0.15) is 5.76 Å². The van der Waals surface area contributed by atoms with E-state index in [1.807, 2.05) is 0 Å². The van der Waals surface area contributed by atoms with Crippen LogP contribution in [0.15, 0.2) is 73.1 Å². The van der Waals surface area contributed by atoms with E-state index in [9.17, 15) is 8.78 Å². The second kappa shape index (κ2) is 7.48. The van der Waals surface area contributed by atoms with E-state index in [0.717, 1.165) is 13.2 Å². The van der Waals surface area contributed by atoms with Crippen LogP contribution in [0.4, 0.5) is 8.78 Å². The van der Waals surface area contributed by atoms with Crippen LogP contribution in [0.3, 0.4) is 0 Å². The Morgan fingerprint density at radius 2 is 1.37 bits per heavy atom. The smallest absolute Gasteiger partial charge is 0.382 e. The number of rotatable bonds is 8. The van der Waals surface area contributed by atoms with Crippen molar-refractivity contribution in [1.29, 1.82) is 0 Å². The van der Waals surface area contributed by atoms with Crippen molar-refractivity contribution >= 4 is 0 Å². The van der Waals surface area contributed by atoms with Crippen LogP contribution in [0, 0.1) is 0 Å². The van der Waals surface area contributed by atoms with Gasteiger partial charge in [0.2, 0.25) is 0 Å². The highest BCUT2D eigenvalue weighted by atomic mass is 19.3. The van der Waals surface area contributed by atoms with Gasteiger partial charge in [-0.15, -0.1) is 0 Å². The summed E-state index contributed by atoms with van der Waals surface area (Å²) < 4.78 is 34.9. The van der Waals surface area contributed by atoms with Gasteiger partial charge in [0.25, 0.3) is 0 Å². The van der Waals surface area contributed by atoms with Gasteiger partial charge in [0.15, 0.2) is 0 Å². The van der Waals surface area contributed by atoms with E-state index in [-0.39, 0.29) is 0 Å². The molecule has 0 unspecified atom stereocenters. The van der Waals surface area contributed by atoms with Crippen molar-refractivity contribution in [3.05, 3.63) is 73.1 Å². The zero-order chi connectivity index (χ0) is 15.1. The first kappa shape index (κ1) is 17.1. The number of methoxy groups -OCH3 is 2. The first-order chi connectivity index (χ1) is 8.74. The molecule has 0 heterocycles. The molecule has 0 atom stereocenters. The van der Waals surface area contributed by atoms with Gasteiger partial charge < -0.3 is 9.47 Å². The molecule has 0 spiro atoms. The fourth-order valence-corrected chi connectivity index (χ4v) is 0.905. The minimum absolute atomic E-state index is 0.452. The van der Waals surface area contributed by atoms with Crippen molar-refractivity contribution in [2.75, 3.05) is 14.2 Å². The molecule has 0 aliphatic heterocycles. The monoisotopic (exact) mass is 268 g/mol. The number of ether oxygens (including phenoxy) is 2. The van der Waals surface area contributed by atoms with Crippen molar-refractivity contribution in [2.45, 2.75) is 6.11 Å². The molecule has 0 aromatic carbocycles. The molecule has 0 saturated carbocycles. The zero-order valence-corrected chi connectivity index (χ0v) is 11.2. The Balaban J connectivity index is 4.62. The Kier molecular flexibility index (Phi) is 6.72. The van der Waals surface area contributed by atoms with E-state index >= 15 is 0 Å². The standard InChI is InChI=1S/C15H18F2O2/c1-11(12(2)8-10-14(4)18-5)7-9-13(3)15(16,17)19-6/h7-10H,1-4H2,5-6H3/b9-7-,10-8-. The molecule has 0 aliphatic carbocycles. The minimum atomic E-state index is -3.39. The Morgan fingerprint density at radius 3 is 1.79 bits per heavy atom. The summed E-state index contributed by atoms with van der Waals surface area (Å²) in [4.78, 5) is 0. The fourth-order valence-electron chi connectivity index (χ4n) is 0.905. The van der Waals surface area contributed by atoms with Crippen LogP contribution in [-0.2, 0) is 9.47 Å². The Morgan fingerprint density at radius 1 is 0.895 bits per heavy atom. The normalized spacial score (nSPS) is 11.8. The molecule has 0 saturated heterocycles. The molecule has 0 radical (unpaired) electrons. The lowest BCUT2D eigenvalue weighted by atomic mass is 10.1. The molecule has 0 aromatic heterocycles. The summed E-state index contributed by atoms with van der Waals surface area (Å²) in [7, 11) is 2.40. The van der Waals surface area contributed by atoms with E-state index in [4.69, 9.17) is 4.74 Å². The molecule has 4 heteroatoms. The van der Waals surface area contributed by atoms with Crippen LogP contribution in [0.2, 0.25) is 0 Å². The molecular formula is C15H18F2O2. The quantitative estimate of drug-likeness (QED) is 0.486. The van der Waals surface area contributed by atoms with Gasteiger partial charge in [-0.2, -0.15) is 8.78 Å². The van der Waals surface area contributed by atoms with Gasteiger partial charge >= 0.3 is 6.11 Å². The van der Waals surface area contributed by atoms with Crippen LogP contribution in [0.25, 0.3) is 0 Å². The Bertz CT molecular complexity index is 443. The number of halogens is 2. The SMILES string of the molecule is C=C(/C=C\C(=C)C(=C)/C=C\C(=C)C(F)(F)OC)OC. The van der Waals surface area contributed by atoms with Crippen molar-refractivity contribution in [3.8, 4) is 0 Å². The average Bonchev–Trinajstić information content (AvgIpc) is 2.40. The number of allylic oxidation sites excluding steroid dienone is 5. The largest absolute Gasteiger partial charge is 0.497 e. The highest BCUT2D eigenvalue weighted by molar-refractivity contribution is 5.45. The van der Waals surface area contributed by atoms with Crippen LogP contribution >= 0.6 is 0 Å². The van der Waals surface area contributed by atoms with E-state index < -0.39 is 11.7 Å². The van der Waals surface area contributed by atoms with Gasteiger partial charge in [0, 0.05) is 12.7 Å². The van der Waals surface area contributed by atoms with Crippen LogP contribution in [0.5, 0.6) is 0 Å². The van der Waals surface area contributed by atoms with E-state index in [1.54, 1.807) is 12.2 Å². The lowest BCUT2D eigenvalue weighted by molar-refractivity contribution is -0.187. The van der Waals surface area contributed by atoms with Crippen molar-refractivity contribution < 1.29 is 18.3 Å². The molecule has 0 amide bonds. The van der Waals surface area contributed by atoms with Crippen LogP contribution < -0.4 is 0 Å². The van der Waals surface area contributed by atoms with Crippen molar-refractivity contribution in [2.24, 2.45) is 0 Å². The summed E-state index contributed by atoms with van der Waals surface area (Å²) in [5.41, 5.74) is 0.547. The predicted molar refractivity (Wildman–Crippen MR) is 73.8 cm³/mol. The maximum absolute atomic E-state index is 13.0. The third kappa shape index (κ3) is 5.97. The van der Waals surface area contributed by atoms with E-state index in [0.29, 0.717) is 16.9 Å². The van der Waals surface area contributed by atoms with Gasteiger partial charge in [-0.1, -0.05) is 44.5 Å². The molecule has 2 nitrogen and oxygen atoms in total.